The van der Waals surface area contributed by atoms with Crippen LogP contribution in [0.2, 0.25) is 0 Å². The standard InChI is InChI=1S/C19H18F3NO3/c1-13-7-9-15(17(11-13)26-12-19(20,21)22)23-18(24)10-8-14-5-3-4-6-16(14)25-2/h3-11H,12H2,1-2H3,(H,23,24). The molecule has 0 saturated carbocycles. The van der Waals surface area contributed by atoms with Crippen molar-refractivity contribution in [2.24, 2.45) is 0 Å². The van der Waals surface area contributed by atoms with Gasteiger partial charge < -0.3 is 14.8 Å². The molecular formula is C19H18F3NO3. The zero-order chi connectivity index (χ0) is 19.2. The van der Waals surface area contributed by atoms with Crippen molar-refractivity contribution < 1.29 is 27.4 Å². The molecule has 0 aliphatic heterocycles. The van der Waals surface area contributed by atoms with Crippen LogP contribution in [0.5, 0.6) is 11.5 Å². The minimum Gasteiger partial charge on any atom is -0.496 e. The first kappa shape index (κ1) is 19.4. The predicted molar refractivity (Wildman–Crippen MR) is 93.4 cm³/mol. The predicted octanol–water partition coefficient (Wildman–Crippen LogP) is 4.60. The molecule has 0 atom stereocenters. The smallest absolute Gasteiger partial charge is 0.422 e. The fourth-order valence-electron chi connectivity index (χ4n) is 2.16. The van der Waals surface area contributed by atoms with Crippen molar-refractivity contribution >= 4 is 17.7 Å². The van der Waals surface area contributed by atoms with E-state index in [0.29, 0.717) is 16.9 Å². The lowest BCUT2D eigenvalue weighted by atomic mass is 10.2. The Hall–Kier alpha value is -2.96. The molecule has 0 heterocycles. The molecule has 0 aliphatic rings. The summed E-state index contributed by atoms with van der Waals surface area (Å²) in [6.07, 6.45) is -1.64. The molecule has 0 aliphatic carbocycles. The van der Waals surface area contributed by atoms with Crippen molar-refractivity contribution in [3.05, 3.63) is 59.7 Å². The average molecular weight is 365 g/mol. The number of halogens is 3. The molecule has 26 heavy (non-hydrogen) atoms. The van der Waals surface area contributed by atoms with Crippen LogP contribution in [0.25, 0.3) is 6.08 Å². The van der Waals surface area contributed by atoms with Crippen molar-refractivity contribution in [2.75, 3.05) is 19.0 Å². The van der Waals surface area contributed by atoms with Crippen LogP contribution in [0.15, 0.2) is 48.5 Å². The Morgan fingerprint density at radius 2 is 1.88 bits per heavy atom. The summed E-state index contributed by atoms with van der Waals surface area (Å²) in [6, 6.07) is 11.7. The summed E-state index contributed by atoms with van der Waals surface area (Å²) in [5.74, 6) is 0.0547. The number of hydrogen-bond donors (Lipinski definition) is 1. The van der Waals surface area contributed by atoms with Crippen LogP contribution in [0.4, 0.5) is 18.9 Å². The number of aryl methyl sites for hydroxylation is 1. The molecule has 1 N–H and O–H groups in total. The van der Waals surface area contributed by atoms with E-state index >= 15 is 0 Å². The van der Waals surface area contributed by atoms with E-state index in [1.54, 1.807) is 43.3 Å². The first-order valence-corrected chi connectivity index (χ1v) is 7.71. The summed E-state index contributed by atoms with van der Waals surface area (Å²) in [5, 5.41) is 2.52. The minimum absolute atomic E-state index is 0.0404. The van der Waals surface area contributed by atoms with E-state index in [4.69, 9.17) is 9.47 Å². The van der Waals surface area contributed by atoms with E-state index in [1.807, 2.05) is 0 Å². The highest BCUT2D eigenvalue weighted by atomic mass is 19.4. The number of anilines is 1. The molecule has 0 bridgehead atoms. The molecule has 2 aromatic rings. The molecule has 138 valence electrons. The second-order valence-electron chi connectivity index (χ2n) is 5.47. The zero-order valence-corrected chi connectivity index (χ0v) is 14.3. The number of para-hydroxylation sites is 1. The monoisotopic (exact) mass is 365 g/mol. The van der Waals surface area contributed by atoms with E-state index in [1.165, 1.54) is 25.3 Å². The molecule has 2 rings (SSSR count). The van der Waals surface area contributed by atoms with Crippen molar-refractivity contribution in [1.29, 1.82) is 0 Å². The number of alkyl halides is 3. The fourth-order valence-corrected chi connectivity index (χ4v) is 2.16. The first-order chi connectivity index (χ1) is 12.3. The van der Waals surface area contributed by atoms with Crippen LogP contribution in [0.1, 0.15) is 11.1 Å². The van der Waals surface area contributed by atoms with Gasteiger partial charge in [-0.3, -0.25) is 4.79 Å². The van der Waals surface area contributed by atoms with Gasteiger partial charge >= 0.3 is 6.18 Å². The van der Waals surface area contributed by atoms with Crippen molar-refractivity contribution in [1.82, 2.24) is 0 Å². The maximum absolute atomic E-state index is 12.4. The Morgan fingerprint density at radius 1 is 1.15 bits per heavy atom. The summed E-state index contributed by atoms with van der Waals surface area (Å²) in [6.45, 7) is 0.282. The lowest BCUT2D eigenvalue weighted by molar-refractivity contribution is -0.153. The lowest BCUT2D eigenvalue weighted by Gasteiger charge is -2.14. The van der Waals surface area contributed by atoms with Gasteiger partial charge in [-0.2, -0.15) is 13.2 Å². The molecule has 0 aromatic heterocycles. The molecule has 0 radical (unpaired) electrons. The third-order valence-corrected chi connectivity index (χ3v) is 3.34. The summed E-state index contributed by atoms with van der Waals surface area (Å²) in [4.78, 5) is 12.1. The van der Waals surface area contributed by atoms with Crippen molar-refractivity contribution in [3.63, 3.8) is 0 Å². The summed E-state index contributed by atoms with van der Waals surface area (Å²) in [5.41, 5.74) is 1.57. The number of methoxy groups -OCH3 is 1. The second kappa shape index (κ2) is 8.42. The van der Waals surface area contributed by atoms with Gasteiger partial charge in [-0.15, -0.1) is 0 Å². The Morgan fingerprint density at radius 3 is 2.58 bits per heavy atom. The third-order valence-electron chi connectivity index (χ3n) is 3.34. The van der Waals surface area contributed by atoms with Crippen LogP contribution < -0.4 is 14.8 Å². The van der Waals surface area contributed by atoms with E-state index in [0.717, 1.165) is 0 Å². The Labute approximate surface area is 149 Å². The SMILES string of the molecule is COc1ccccc1C=CC(=O)Nc1ccc(C)cc1OCC(F)(F)F. The van der Waals surface area contributed by atoms with Gasteiger partial charge in [0.15, 0.2) is 6.61 Å². The molecule has 4 nitrogen and oxygen atoms in total. The number of hydrogen-bond acceptors (Lipinski definition) is 3. The molecule has 2 aromatic carbocycles. The molecule has 0 saturated heterocycles. The number of carbonyl (C=O) groups excluding carboxylic acids is 1. The van der Waals surface area contributed by atoms with Crippen LogP contribution >= 0.6 is 0 Å². The number of amides is 1. The van der Waals surface area contributed by atoms with E-state index in [9.17, 15) is 18.0 Å². The van der Waals surface area contributed by atoms with E-state index in [-0.39, 0.29) is 11.4 Å². The van der Waals surface area contributed by atoms with Gasteiger partial charge in [0.05, 0.1) is 12.8 Å². The van der Waals surface area contributed by atoms with Crippen molar-refractivity contribution in [3.8, 4) is 11.5 Å². The highest BCUT2D eigenvalue weighted by Gasteiger charge is 2.29. The average Bonchev–Trinajstić information content (AvgIpc) is 2.59. The highest BCUT2D eigenvalue weighted by molar-refractivity contribution is 6.03. The summed E-state index contributed by atoms with van der Waals surface area (Å²) in [7, 11) is 1.52. The van der Waals surface area contributed by atoms with E-state index < -0.39 is 18.7 Å². The Balaban J connectivity index is 2.12. The largest absolute Gasteiger partial charge is 0.496 e. The van der Waals surface area contributed by atoms with Gasteiger partial charge in [0.1, 0.15) is 11.5 Å². The number of ether oxygens (including phenoxy) is 2. The quantitative estimate of drug-likeness (QED) is 0.762. The highest BCUT2D eigenvalue weighted by Crippen LogP contribution is 2.28. The van der Waals surface area contributed by atoms with Crippen LogP contribution in [0, 0.1) is 6.92 Å². The fraction of sp³-hybridized carbons (Fsp3) is 0.211. The van der Waals surface area contributed by atoms with Gasteiger partial charge in [-0.25, -0.2) is 0 Å². The molecule has 0 fully saturated rings. The third kappa shape index (κ3) is 5.84. The van der Waals surface area contributed by atoms with Crippen LogP contribution in [-0.4, -0.2) is 25.8 Å². The molecule has 1 amide bonds. The molecular weight excluding hydrogens is 347 g/mol. The van der Waals surface area contributed by atoms with E-state index in [2.05, 4.69) is 5.32 Å². The maximum atomic E-state index is 12.4. The van der Waals surface area contributed by atoms with Crippen molar-refractivity contribution in [2.45, 2.75) is 13.1 Å². The molecule has 0 spiro atoms. The topological polar surface area (TPSA) is 47.6 Å². The normalized spacial score (nSPS) is 11.4. The first-order valence-electron chi connectivity index (χ1n) is 7.71. The Kier molecular flexibility index (Phi) is 6.27. The van der Waals surface area contributed by atoms with Gasteiger partial charge in [-0.05, 0) is 36.8 Å². The lowest BCUT2D eigenvalue weighted by Crippen LogP contribution is -2.20. The number of benzene rings is 2. The zero-order valence-electron chi connectivity index (χ0n) is 14.3. The van der Waals surface area contributed by atoms with Gasteiger partial charge in [0.25, 0.3) is 0 Å². The number of nitrogens with one attached hydrogen (secondary N) is 1. The summed E-state index contributed by atoms with van der Waals surface area (Å²) < 4.78 is 47.1. The van der Waals surface area contributed by atoms with Crippen LogP contribution in [-0.2, 0) is 4.79 Å². The summed E-state index contributed by atoms with van der Waals surface area (Å²) >= 11 is 0. The Bertz CT molecular complexity index is 801. The van der Waals surface area contributed by atoms with Crippen LogP contribution in [0.3, 0.4) is 0 Å². The molecule has 7 heteroatoms. The minimum atomic E-state index is -4.46. The van der Waals surface area contributed by atoms with Gasteiger partial charge in [-0.1, -0.05) is 24.3 Å². The second-order valence-corrected chi connectivity index (χ2v) is 5.47. The number of rotatable bonds is 6. The number of carbonyl (C=O) groups is 1. The maximum Gasteiger partial charge on any atom is 0.422 e. The molecule has 0 unspecified atom stereocenters. The van der Waals surface area contributed by atoms with Gasteiger partial charge in [0, 0.05) is 11.6 Å². The van der Waals surface area contributed by atoms with Gasteiger partial charge in [0.2, 0.25) is 5.91 Å².